The maximum Gasteiger partial charge on any atom is 0.467 e. The molecule has 0 aliphatic carbocycles. The largest absolute Gasteiger partial charge is 0.491 e. The first-order chi connectivity index (χ1) is 23.7. The summed E-state index contributed by atoms with van der Waals surface area (Å²) in [6, 6.07) is 23.3. The summed E-state index contributed by atoms with van der Waals surface area (Å²) in [6.45, 7) is 11.9. The third-order valence-electron chi connectivity index (χ3n) is 7.61. The molecule has 258 valence electrons. The first-order valence-corrected chi connectivity index (χ1v) is 17.6. The Labute approximate surface area is 288 Å². The zero-order valence-electron chi connectivity index (χ0n) is 28.9. The van der Waals surface area contributed by atoms with Gasteiger partial charge in [0.2, 0.25) is 0 Å². The SMILES string of the molecule is CCCCOCCOc1ccc(B2OB(c3ccc(OCCOCCCC)cc3)OB(c3ccc(OCCOCCCC)cc3)O2)cc1. The van der Waals surface area contributed by atoms with Crippen LogP contribution in [0.3, 0.4) is 0 Å². The molecule has 0 spiro atoms. The molecule has 1 aliphatic heterocycles. The summed E-state index contributed by atoms with van der Waals surface area (Å²) in [5.41, 5.74) is 2.56. The van der Waals surface area contributed by atoms with Crippen LogP contribution in [0.1, 0.15) is 59.3 Å². The summed E-state index contributed by atoms with van der Waals surface area (Å²) in [5.74, 6) is 2.28. The lowest BCUT2D eigenvalue weighted by Gasteiger charge is -2.31. The number of benzene rings is 3. The standard InChI is InChI=1S/C36H51B3O9/c1-4-7-22-40-25-28-43-34-16-10-31(11-17-34)37-46-38(32-12-18-35(19-13-32)44-29-26-41-23-8-5-2)48-39(47-37)33-14-20-36(21-15-33)45-30-27-42-24-9-6-3/h10-21H,4-9,22-30H2,1-3H3. The van der Waals surface area contributed by atoms with Crippen LogP contribution in [0, 0.1) is 0 Å². The summed E-state index contributed by atoms with van der Waals surface area (Å²) in [5, 5.41) is 0. The monoisotopic (exact) mass is 660 g/mol. The first-order valence-electron chi connectivity index (χ1n) is 17.6. The van der Waals surface area contributed by atoms with E-state index in [9.17, 15) is 0 Å². The summed E-state index contributed by atoms with van der Waals surface area (Å²) < 4.78 is 53.5. The average Bonchev–Trinajstić information content (AvgIpc) is 3.13. The topological polar surface area (TPSA) is 83.1 Å². The minimum atomic E-state index is -0.674. The van der Waals surface area contributed by atoms with Gasteiger partial charge in [0, 0.05) is 19.8 Å². The van der Waals surface area contributed by atoms with Crippen molar-refractivity contribution in [2.75, 3.05) is 59.5 Å². The van der Waals surface area contributed by atoms with Crippen molar-refractivity contribution in [2.45, 2.75) is 59.3 Å². The van der Waals surface area contributed by atoms with E-state index in [0.717, 1.165) is 92.0 Å². The Kier molecular flexibility index (Phi) is 17.8. The molecule has 48 heavy (non-hydrogen) atoms. The average molecular weight is 660 g/mol. The van der Waals surface area contributed by atoms with Gasteiger partial charge in [-0.3, -0.25) is 0 Å². The Morgan fingerprint density at radius 3 is 0.896 bits per heavy atom. The molecule has 3 aromatic rings. The Hall–Kier alpha value is -2.99. The van der Waals surface area contributed by atoms with Gasteiger partial charge < -0.3 is 42.1 Å². The molecule has 0 aromatic heterocycles. The molecule has 0 unspecified atom stereocenters. The molecule has 1 heterocycles. The highest BCUT2D eigenvalue weighted by atomic mass is 16.7. The van der Waals surface area contributed by atoms with Crippen molar-refractivity contribution in [3.63, 3.8) is 0 Å². The molecule has 3 aromatic carbocycles. The molecule has 9 nitrogen and oxygen atoms in total. The predicted octanol–water partition coefficient (Wildman–Crippen LogP) is 4.82. The highest BCUT2D eigenvalue weighted by Crippen LogP contribution is 2.16. The molecular weight excluding hydrogens is 609 g/mol. The highest BCUT2D eigenvalue weighted by molar-refractivity contribution is 6.87. The fraction of sp³-hybridized carbons (Fsp3) is 0.500. The third-order valence-corrected chi connectivity index (χ3v) is 7.61. The van der Waals surface area contributed by atoms with Crippen molar-refractivity contribution in [1.29, 1.82) is 0 Å². The van der Waals surface area contributed by atoms with Crippen LogP contribution in [0.2, 0.25) is 0 Å². The molecule has 0 bridgehead atoms. The van der Waals surface area contributed by atoms with Crippen LogP contribution >= 0.6 is 0 Å². The summed E-state index contributed by atoms with van der Waals surface area (Å²) in [7, 11) is -2.02. The van der Waals surface area contributed by atoms with Crippen LogP contribution in [-0.2, 0) is 27.9 Å². The van der Waals surface area contributed by atoms with Crippen molar-refractivity contribution in [3.8, 4) is 17.2 Å². The van der Waals surface area contributed by atoms with E-state index in [0.29, 0.717) is 39.6 Å². The van der Waals surface area contributed by atoms with Crippen molar-refractivity contribution in [3.05, 3.63) is 72.8 Å². The van der Waals surface area contributed by atoms with Gasteiger partial charge in [-0.15, -0.1) is 0 Å². The highest BCUT2D eigenvalue weighted by Gasteiger charge is 2.43. The van der Waals surface area contributed by atoms with Gasteiger partial charge in [-0.1, -0.05) is 76.4 Å². The first kappa shape index (κ1) is 37.8. The maximum absolute atomic E-state index is 6.37. The van der Waals surface area contributed by atoms with Crippen molar-refractivity contribution in [1.82, 2.24) is 0 Å². The minimum absolute atomic E-state index is 0.495. The Balaban J connectivity index is 1.39. The lowest BCUT2D eigenvalue weighted by molar-refractivity contribution is 0.0980. The molecule has 1 fully saturated rings. The van der Waals surface area contributed by atoms with Gasteiger partial charge in [0.1, 0.15) is 37.1 Å². The Bertz CT molecular complexity index is 1090. The van der Waals surface area contributed by atoms with E-state index in [4.69, 9.17) is 42.1 Å². The summed E-state index contributed by atoms with van der Waals surface area (Å²) >= 11 is 0. The maximum atomic E-state index is 6.37. The molecule has 12 heteroatoms. The lowest BCUT2D eigenvalue weighted by Crippen LogP contribution is -2.61. The van der Waals surface area contributed by atoms with E-state index >= 15 is 0 Å². The Morgan fingerprint density at radius 1 is 0.375 bits per heavy atom. The number of unbranched alkanes of at least 4 members (excludes halogenated alkanes) is 3. The zero-order chi connectivity index (χ0) is 33.7. The van der Waals surface area contributed by atoms with Crippen LogP contribution in [0.4, 0.5) is 0 Å². The van der Waals surface area contributed by atoms with Crippen LogP contribution in [0.25, 0.3) is 0 Å². The van der Waals surface area contributed by atoms with Crippen LogP contribution < -0.4 is 30.6 Å². The predicted molar refractivity (Wildman–Crippen MR) is 192 cm³/mol. The quantitative estimate of drug-likeness (QED) is 0.0993. The van der Waals surface area contributed by atoms with E-state index in [-0.39, 0.29) is 0 Å². The van der Waals surface area contributed by atoms with Crippen molar-refractivity contribution < 1.29 is 42.1 Å². The lowest BCUT2D eigenvalue weighted by atomic mass is 9.61. The smallest absolute Gasteiger partial charge is 0.467 e. The fourth-order valence-electron chi connectivity index (χ4n) is 4.77. The number of hydrogen-bond acceptors (Lipinski definition) is 9. The van der Waals surface area contributed by atoms with Gasteiger partial charge in [0.05, 0.1) is 19.8 Å². The normalized spacial score (nSPS) is 13.2. The number of rotatable bonds is 24. The molecule has 0 saturated carbocycles. The fourth-order valence-corrected chi connectivity index (χ4v) is 4.77. The second-order valence-corrected chi connectivity index (χ2v) is 11.6. The van der Waals surface area contributed by atoms with Gasteiger partial charge in [0.15, 0.2) is 0 Å². The molecule has 0 amide bonds. The molecule has 0 radical (unpaired) electrons. The van der Waals surface area contributed by atoms with E-state index in [2.05, 4.69) is 20.8 Å². The Morgan fingerprint density at radius 2 is 0.646 bits per heavy atom. The van der Waals surface area contributed by atoms with Gasteiger partial charge in [0.25, 0.3) is 0 Å². The third kappa shape index (κ3) is 13.5. The number of ether oxygens (including phenoxy) is 6. The zero-order valence-corrected chi connectivity index (χ0v) is 28.9. The van der Waals surface area contributed by atoms with Gasteiger partial charge >= 0.3 is 21.4 Å². The molecular formula is C36H51B3O9. The molecule has 1 saturated heterocycles. The van der Waals surface area contributed by atoms with Gasteiger partial charge in [-0.05, 0) is 72.0 Å². The molecule has 0 atom stereocenters. The molecule has 4 rings (SSSR count). The van der Waals surface area contributed by atoms with Crippen molar-refractivity contribution >= 4 is 37.7 Å². The van der Waals surface area contributed by atoms with E-state index in [1.807, 2.05) is 72.8 Å². The summed E-state index contributed by atoms with van der Waals surface area (Å²) in [4.78, 5) is 0. The molecule has 0 N–H and O–H groups in total. The van der Waals surface area contributed by atoms with E-state index < -0.39 is 21.4 Å². The van der Waals surface area contributed by atoms with Crippen LogP contribution in [0.5, 0.6) is 17.2 Å². The molecule has 1 aliphatic rings. The van der Waals surface area contributed by atoms with Gasteiger partial charge in [-0.2, -0.15) is 0 Å². The summed E-state index contributed by atoms with van der Waals surface area (Å²) in [6.07, 6.45) is 6.51. The van der Waals surface area contributed by atoms with Crippen LogP contribution in [-0.4, -0.2) is 80.8 Å². The second-order valence-electron chi connectivity index (χ2n) is 11.6. The van der Waals surface area contributed by atoms with Crippen LogP contribution in [0.15, 0.2) is 72.8 Å². The second kappa shape index (κ2) is 22.6. The van der Waals surface area contributed by atoms with E-state index in [1.54, 1.807) is 0 Å². The van der Waals surface area contributed by atoms with Gasteiger partial charge in [-0.25, -0.2) is 0 Å². The number of hydrogen-bond donors (Lipinski definition) is 0. The van der Waals surface area contributed by atoms with Crippen molar-refractivity contribution in [2.24, 2.45) is 0 Å². The van der Waals surface area contributed by atoms with E-state index in [1.165, 1.54) is 0 Å². The minimum Gasteiger partial charge on any atom is -0.491 e.